The van der Waals surface area contributed by atoms with Crippen molar-refractivity contribution in [3.8, 4) is 0 Å². The highest BCUT2D eigenvalue weighted by atomic mass is 16.2. The monoisotopic (exact) mass is 477 g/mol. The molecule has 0 bridgehead atoms. The average molecular weight is 478 g/mol. The van der Waals surface area contributed by atoms with Gasteiger partial charge in [-0.25, -0.2) is 0 Å². The number of H-pyrrole nitrogens is 1. The number of benzene rings is 3. The maximum Gasteiger partial charge on any atom is 0.254 e. The third-order valence-electron chi connectivity index (χ3n) is 9.07. The Morgan fingerprint density at radius 2 is 1.53 bits per heavy atom. The van der Waals surface area contributed by atoms with Crippen LogP contribution in [0.4, 0.5) is 0 Å². The van der Waals surface area contributed by atoms with Crippen molar-refractivity contribution in [3.63, 3.8) is 0 Å². The van der Waals surface area contributed by atoms with Crippen LogP contribution >= 0.6 is 0 Å². The molecule has 1 fully saturated rings. The van der Waals surface area contributed by atoms with E-state index in [1.54, 1.807) is 0 Å². The summed E-state index contributed by atoms with van der Waals surface area (Å²) in [6, 6.07) is 27.6. The van der Waals surface area contributed by atoms with Crippen LogP contribution in [0.15, 0.2) is 78.9 Å². The van der Waals surface area contributed by atoms with E-state index in [-0.39, 0.29) is 17.0 Å². The van der Waals surface area contributed by atoms with Crippen molar-refractivity contribution >= 4 is 16.8 Å². The highest BCUT2D eigenvalue weighted by molar-refractivity contribution is 5.97. The van der Waals surface area contributed by atoms with Crippen LogP contribution in [-0.2, 0) is 17.5 Å². The van der Waals surface area contributed by atoms with Gasteiger partial charge in [0.05, 0.1) is 5.54 Å². The number of hydrogen-bond donors (Lipinski definition) is 1. The van der Waals surface area contributed by atoms with Gasteiger partial charge in [0.2, 0.25) is 0 Å². The molecule has 1 aliphatic carbocycles. The lowest BCUT2D eigenvalue weighted by Gasteiger charge is -2.55. The summed E-state index contributed by atoms with van der Waals surface area (Å²) in [5.74, 6) is 0.162. The fourth-order valence-corrected chi connectivity index (χ4v) is 7.02. The minimum atomic E-state index is -0.333. The molecule has 0 atom stereocenters. The highest BCUT2D eigenvalue weighted by Crippen LogP contribution is 2.53. The summed E-state index contributed by atoms with van der Waals surface area (Å²) in [5, 5.41) is 1.31. The van der Waals surface area contributed by atoms with Gasteiger partial charge in [0.1, 0.15) is 0 Å². The van der Waals surface area contributed by atoms with Crippen molar-refractivity contribution in [2.24, 2.45) is 0 Å². The summed E-state index contributed by atoms with van der Waals surface area (Å²) in [7, 11) is 4.41. The molecule has 6 rings (SSSR count). The van der Waals surface area contributed by atoms with Crippen LogP contribution in [0, 0.1) is 6.92 Å². The second kappa shape index (κ2) is 8.63. The lowest BCUT2D eigenvalue weighted by Crippen LogP contribution is -2.58. The number of carbonyl (C=O) groups excluding carboxylic acids is 1. The maximum atomic E-state index is 14.2. The highest BCUT2D eigenvalue weighted by Gasteiger charge is 2.53. The zero-order chi connectivity index (χ0) is 24.9. The van der Waals surface area contributed by atoms with E-state index in [4.69, 9.17) is 0 Å². The van der Waals surface area contributed by atoms with Gasteiger partial charge in [0, 0.05) is 34.2 Å². The molecule has 4 aromatic rings. The molecular formula is C32H35N3O. The minimum Gasteiger partial charge on any atom is -0.356 e. The van der Waals surface area contributed by atoms with E-state index in [1.807, 2.05) is 31.2 Å². The minimum absolute atomic E-state index is 0.0342. The number of aromatic amines is 1. The summed E-state index contributed by atoms with van der Waals surface area (Å²) < 4.78 is 0. The first-order chi connectivity index (χ1) is 17.5. The number of nitrogens with zero attached hydrogens (tertiary/aromatic N) is 2. The van der Waals surface area contributed by atoms with Gasteiger partial charge in [-0.15, -0.1) is 0 Å². The number of carbonyl (C=O) groups is 1. The van der Waals surface area contributed by atoms with Crippen molar-refractivity contribution in [2.45, 2.75) is 50.1 Å². The number of fused-ring (bicyclic) bond motifs is 4. The molecule has 36 heavy (non-hydrogen) atoms. The lowest BCUT2D eigenvalue weighted by molar-refractivity contribution is -0.0142. The number of aromatic nitrogens is 1. The van der Waals surface area contributed by atoms with Gasteiger partial charge >= 0.3 is 0 Å². The first-order valence-electron chi connectivity index (χ1n) is 13.2. The maximum absolute atomic E-state index is 14.2. The number of aryl methyl sites for hydroxylation is 1. The molecule has 0 unspecified atom stereocenters. The van der Waals surface area contributed by atoms with Gasteiger partial charge in [-0.1, -0.05) is 66.7 Å². The normalized spacial score (nSPS) is 23.8. The van der Waals surface area contributed by atoms with E-state index in [0.29, 0.717) is 0 Å². The Labute approximate surface area is 213 Å². The molecule has 1 aliphatic heterocycles. The molecule has 1 saturated carbocycles. The molecule has 0 saturated heterocycles. The molecule has 1 N–H and O–H groups in total. The molecule has 4 heteroatoms. The Morgan fingerprint density at radius 1 is 0.861 bits per heavy atom. The summed E-state index contributed by atoms with van der Waals surface area (Å²) in [4.78, 5) is 22.6. The van der Waals surface area contributed by atoms with Crippen LogP contribution in [0.3, 0.4) is 0 Å². The van der Waals surface area contributed by atoms with Crippen molar-refractivity contribution in [1.82, 2.24) is 14.8 Å². The molecule has 3 aromatic carbocycles. The number of nitrogens with one attached hydrogen (secondary N) is 1. The standard InChI is InChI=1S/C32H35N3O/c1-23-11-7-8-14-25(23)30(36)35-22-17-27-26-15-9-10-16-28(26)33-29(27)32(35)20-18-31(19-21-32,34(2)3)24-12-5-4-6-13-24/h4-16,33H,17-22H2,1-3H3. The summed E-state index contributed by atoms with van der Waals surface area (Å²) in [6.07, 6.45) is 4.73. The zero-order valence-electron chi connectivity index (χ0n) is 21.6. The van der Waals surface area contributed by atoms with Gasteiger partial charge in [0.15, 0.2) is 0 Å². The molecule has 184 valence electrons. The van der Waals surface area contributed by atoms with Crippen LogP contribution in [0.1, 0.15) is 58.4 Å². The number of rotatable bonds is 3. The van der Waals surface area contributed by atoms with E-state index < -0.39 is 0 Å². The Kier molecular flexibility index (Phi) is 5.53. The third-order valence-corrected chi connectivity index (χ3v) is 9.07. The van der Waals surface area contributed by atoms with Crippen molar-refractivity contribution in [1.29, 1.82) is 0 Å². The Balaban J connectivity index is 1.48. The van der Waals surface area contributed by atoms with Crippen molar-refractivity contribution < 1.29 is 4.79 Å². The van der Waals surface area contributed by atoms with Crippen LogP contribution in [0.25, 0.3) is 10.9 Å². The molecule has 2 aliphatic rings. The Bertz CT molecular complexity index is 1410. The predicted octanol–water partition coefficient (Wildman–Crippen LogP) is 6.40. The van der Waals surface area contributed by atoms with Crippen LogP contribution < -0.4 is 0 Å². The summed E-state index contributed by atoms with van der Waals surface area (Å²) >= 11 is 0. The van der Waals surface area contributed by atoms with Crippen LogP contribution in [0.2, 0.25) is 0 Å². The Morgan fingerprint density at radius 3 is 2.25 bits per heavy atom. The molecule has 0 radical (unpaired) electrons. The zero-order valence-corrected chi connectivity index (χ0v) is 21.6. The second-order valence-corrected chi connectivity index (χ2v) is 10.9. The molecule has 1 aromatic heterocycles. The van der Waals surface area contributed by atoms with Gasteiger partial charge in [-0.3, -0.25) is 9.69 Å². The fourth-order valence-electron chi connectivity index (χ4n) is 7.02. The van der Waals surface area contributed by atoms with Crippen molar-refractivity contribution in [2.75, 3.05) is 20.6 Å². The topological polar surface area (TPSA) is 39.3 Å². The number of hydrogen-bond acceptors (Lipinski definition) is 2. The fraction of sp³-hybridized carbons (Fsp3) is 0.344. The van der Waals surface area contributed by atoms with Gasteiger partial charge in [-0.2, -0.15) is 0 Å². The Hall–Kier alpha value is -3.37. The first kappa shape index (κ1) is 23.1. The van der Waals surface area contributed by atoms with Gasteiger partial charge < -0.3 is 9.88 Å². The van der Waals surface area contributed by atoms with E-state index >= 15 is 0 Å². The summed E-state index contributed by atoms with van der Waals surface area (Å²) in [5.41, 5.74) is 6.71. The van der Waals surface area contributed by atoms with Gasteiger partial charge in [0.25, 0.3) is 5.91 Å². The number of amides is 1. The predicted molar refractivity (Wildman–Crippen MR) is 146 cm³/mol. The summed E-state index contributed by atoms with van der Waals surface area (Å²) in [6.45, 7) is 2.80. The molecule has 4 nitrogen and oxygen atoms in total. The average Bonchev–Trinajstić information content (AvgIpc) is 3.30. The van der Waals surface area contributed by atoms with E-state index in [0.717, 1.165) is 49.8 Å². The molecule has 1 spiro atoms. The van der Waals surface area contributed by atoms with E-state index in [1.165, 1.54) is 27.7 Å². The molecule has 2 heterocycles. The van der Waals surface area contributed by atoms with E-state index in [9.17, 15) is 4.79 Å². The number of para-hydroxylation sites is 1. The smallest absolute Gasteiger partial charge is 0.254 e. The SMILES string of the molecule is Cc1ccccc1C(=O)N1CCc2c([nH]c3ccccc23)C12CCC(c1ccccc1)(N(C)C)CC2. The van der Waals surface area contributed by atoms with E-state index in [2.05, 4.69) is 83.5 Å². The quantitative estimate of drug-likeness (QED) is 0.371. The van der Waals surface area contributed by atoms with Crippen LogP contribution in [0.5, 0.6) is 0 Å². The first-order valence-corrected chi connectivity index (χ1v) is 13.2. The second-order valence-electron chi connectivity index (χ2n) is 10.9. The lowest BCUT2D eigenvalue weighted by atomic mass is 9.65. The molecule has 1 amide bonds. The van der Waals surface area contributed by atoms with Crippen LogP contribution in [-0.4, -0.2) is 41.3 Å². The van der Waals surface area contributed by atoms with Crippen molar-refractivity contribution in [3.05, 3.63) is 107 Å². The third kappa shape index (κ3) is 3.35. The largest absolute Gasteiger partial charge is 0.356 e. The molecular weight excluding hydrogens is 442 g/mol. The van der Waals surface area contributed by atoms with Gasteiger partial charge in [-0.05, 0) is 81.9 Å².